The number of hydrogen-bond donors (Lipinski definition) is 2. The summed E-state index contributed by atoms with van der Waals surface area (Å²) in [5, 5.41) is 11.7. The van der Waals surface area contributed by atoms with Gasteiger partial charge in [-0.15, -0.1) is 0 Å². The highest BCUT2D eigenvalue weighted by atomic mass is 32.1. The van der Waals surface area contributed by atoms with Gasteiger partial charge in [-0.25, -0.2) is 0 Å². The fourth-order valence-electron chi connectivity index (χ4n) is 0.591. The van der Waals surface area contributed by atoms with E-state index in [2.05, 4.69) is 34.6 Å². The van der Waals surface area contributed by atoms with Crippen LogP contribution in [0.25, 0.3) is 12.2 Å². The van der Waals surface area contributed by atoms with Crippen molar-refractivity contribution >= 4 is 24.8 Å². The minimum Gasteiger partial charge on any atom is -0.197 e. The van der Waals surface area contributed by atoms with Crippen LogP contribution in [0.2, 0.25) is 0 Å². The van der Waals surface area contributed by atoms with Gasteiger partial charge in [0.2, 0.25) is 0 Å². The quantitative estimate of drug-likeness (QED) is 0.630. The molecule has 0 aromatic carbocycles. The number of aromatic nitrogens is 3. The molecule has 0 unspecified atom stereocenters. The van der Waals surface area contributed by atoms with E-state index in [1.165, 1.54) is 0 Å². The monoisotopic (exact) mass is 153 g/mol. The van der Waals surface area contributed by atoms with Crippen LogP contribution >= 0.6 is 12.6 Å². The topological polar surface area (TPSA) is 41.6 Å². The molecule has 4 heteroatoms. The van der Waals surface area contributed by atoms with Crippen molar-refractivity contribution in [2.45, 2.75) is 0 Å². The summed E-state index contributed by atoms with van der Waals surface area (Å²) in [5.74, 6) is 0. The maximum atomic E-state index is 3.90. The van der Waals surface area contributed by atoms with E-state index in [-0.39, 0.29) is 0 Å². The zero-order valence-corrected chi connectivity index (χ0v) is 6.18. The van der Waals surface area contributed by atoms with Gasteiger partial charge in [0, 0.05) is 0 Å². The average Bonchev–Trinajstić information content (AvgIpc) is 2.36. The van der Waals surface area contributed by atoms with Crippen molar-refractivity contribution in [2.24, 2.45) is 0 Å². The van der Waals surface area contributed by atoms with Crippen LogP contribution in [0.1, 0.15) is 11.4 Å². The molecular weight excluding hydrogens is 146 g/mol. The van der Waals surface area contributed by atoms with Gasteiger partial charge in [-0.2, -0.15) is 28.0 Å². The summed E-state index contributed by atoms with van der Waals surface area (Å²) in [6, 6.07) is 0. The number of thiol groups is 1. The normalized spacial score (nSPS) is 10.5. The van der Waals surface area contributed by atoms with Crippen molar-refractivity contribution in [1.29, 1.82) is 0 Å². The Kier molecular flexibility index (Phi) is 2.28. The molecule has 0 aliphatic carbocycles. The molecule has 1 rings (SSSR count). The van der Waals surface area contributed by atoms with E-state index in [0.717, 1.165) is 11.4 Å². The molecule has 0 aliphatic rings. The lowest BCUT2D eigenvalue weighted by molar-refractivity contribution is 0.935. The maximum Gasteiger partial charge on any atom is 0.113 e. The van der Waals surface area contributed by atoms with Crippen LogP contribution in [0.5, 0.6) is 0 Å². The first-order valence-electron chi connectivity index (χ1n) is 2.72. The summed E-state index contributed by atoms with van der Waals surface area (Å²) < 4.78 is 0. The third-order valence-corrected chi connectivity index (χ3v) is 1.18. The maximum absolute atomic E-state index is 3.90. The van der Waals surface area contributed by atoms with E-state index in [1.807, 2.05) is 0 Å². The first kappa shape index (κ1) is 7.08. The Bertz CT molecular complexity index is 251. The molecule has 0 bridgehead atoms. The van der Waals surface area contributed by atoms with Crippen LogP contribution in [0.15, 0.2) is 12.0 Å². The van der Waals surface area contributed by atoms with E-state index in [0.29, 0.717) is 0 Å². The van der Waals surface area contributed by atoms with Crippen molar-refractivity contribution < 1.29 is 0 Å². The van der Waals surface area contributed by atoms with Crippen LogP contribution < -0.4 is 0 Å². The van der Waals surface area contributed by atoms with E-state index in [9.17, 15) is 0 Å². The standard InChI is InChI=1S/C6H7N3S/c1-2-5-6(3-4-10)8-9-7-5/h2-4,10H,1H2,(H,7,8,9)/b4-3+. The SMILES string of the molecule is C=Cc1n[nH]nc1/C=C/S. The van der Waals surface area contributed by atoms with E-state index in [1.54, 1.807) is 17.6 Å². The fourth-order valence-corrected chi connectivity index (χ4v) is 0.732. The molecule has 0 aliphatic heterocycles. The van der Waals surface area contributed by atoms with Crippen molar-refractivity contribution in [1.82, 2.24) is 15.4 Å². The molecule has 1 N–H and O–H groups in total. The predicted molar refractivity (Wildman–Crippen MR) is 44.5 cm³/mol. The van der Waals surface area contributed by atoms with Gasteiger partial charge in [0.05, 0.1) is 0 Å². The Labute approximate surface area is 64.3 Å². The molecule has 0 spiro atoms. The molecule has 3 nitrogen and oxygen atoms in total. The Hall–Kier alpha value is -1.03. The number of nitrogens with zero attached hydrogens (tertiary/aromatic N) is 2. The van der Waals surface area contributed by atoms with Crippen LogP contribution in [0.4, 0.5) is 0 Å². The third kappa shape index (κ3) is 1.27. The molecule has 1 aromatic heterocycles. The average molecular weight is 153 g/mol. The lowest BCUT2D eigenvalue weighted by Gasteiger charge is -1.81. The molecule has 0 amide bonds. The zero-order chi connectivity index (χ0) is 7.40. The molecular formula is C6H7N3S. The number of nitrogens with one attached hydrogen (secondary N) is 1. The van der Waals surface area contributed by atoms with Crippen LogP contribution in [-0.2, 0) is 0 Å². The zero-order valence-electron chi connectivity index (χ0n) is 5.28. The van der Waals surface area contributed by atoms with Crippen LogP contribution in [-0.4, -0.2) is 15.4 Å². The summed E-state index contributed by atoms with van der Waals surface area (Å²) in [6.07, 6.45) is 3.37. The van der Waals surface area contributed by atoms with Crippen molar-refractivity contribution in [2.75, 3.05) is 0 Å². The third-order valence-electron chi connectivity index (χ3n) is 1.03. The number of aromatic amines is 1. The molecule has 1 heterocycles. The summed E-state index contributed by atoms with van der Waals surface area (Å²) in [4.78, 5) is 0. The predicted octanol–water partition coefficient (Wildman–Crippen LogP) is 1.35. The van der Waals surface area contributed by atoms with Crippen molar-refractivity contribution in [3.05, 3.63) is 23.4 Å². The van der Waals surface area contributed by atoms with Gasteiger partial charge >= 0.3 is 0 Å². The first-order chi connectivity index (χ1) is 4.88. The van der Waals surface area contributed by atoms with Crippen molar-refractivity contribution in [3.63, 3.8) is 0 Å². The Morgan fingerprint density at radius 3 is 2.70 bits per heavy atom. The lowest BCUT2D eigenvalue weighted by Crippen LogP contribution is -1.74. The molecule has 10 heavy (non-hydrogen) atoms. The Balaban J connectivity index is 3.00. The van der Waals surface area contributed by atoms with Gasteiger partial charge < -0.3 is 0 Å². The summed E-state index contributed by atoms with van der Waals surface area (Å²) in [6.45, 7) is 3.56. The summed E-state index contributed by atoms with van der Waals surface area (Å²) in [7, 11) is 0. The minimum atomic E-state index is 0.741. The van der Waals surface area contributed by atoms with Crippen molar-refractivity contribution in [3.8, 4) is 0 Å². The molecule has 0 saturated carbocycles. The number of rotatable bonds is 2. The smallest absolute Gasteiger partial charge is 0.113 e. The van der Waals surface area contributed by atoms with E-state index in [4.69, 9.17) is 0 Å². The molecule has 0 fully saturated rings. The molecule has 0 saturated heterocycles. The highest BCUT2D eigenvalue weighted by molar-refractivity contribution is 7.83. The Morgan fingerprint density at radius 1 is 1.40 bits per heavy atom. The second-order valence-electron chi connectivity index (χ2n) is 1.61. The molecule has 0 atom stereocenters. The van der Waals surface area contributed by atoms with E-state index >= 15 is 0 Å². The van der Waals surface area contributed by atoms with Crippen LogP contribution in [0.3, 0.4) is 0 Å². The van der Waals surface area contributed by atoms with Gasteiger partial charge in [-0.05, 0) is 17.6 Å². The van der Waals surface area contributed by atoms with E-state index < -0.39 is 0 Å². The summed E-state index contributed by atoms with van der Waals surface area (Å²) >= 11 is 3.90. The lowest BCUT2D eigenvalue weighted by atomic mass is 10.3. The number of hydrogen-bond acceptors (Lipinski definition) is 3. The second-order valence-corrected chi connectivity index (χ2v) is 1.91. The van der Waals surface area contributed by atoms with Gasteiger partial charge in [0.1, 0.15) is 11.4 Å². The fraction of sp³-hybridized carbons (Fsp3) is 0. The Morgan fingerprint density at radius 2 is 2.10 bits per heavy atom. The second kappa shape index (κ2) is 3.22. The molecule has 1 aromatic rings. The van der Waals surface area contributed by atoms with Gasteiger partial charge in [0.25, 0.3) is 0 Å². The highest BCUT2D eigenvalue weighted by Crippen LogP contribution is 2.04. The largest absolute Gasteiger partial charge is 0.197 e. The van der Waals surface area contributed by atoms with Gasteiger partial charge in [-0.3, -0.25) is 0 Å². The number of H-pyrrole nitrogens is 1. The molecule has 52 valence electrons. The highest BCUT2D eigenvalue weighted by Gasteiger charge is 1.96. The minimum absolute atomic E-state index is 0.741. The molecule has 0 radical (unpaired) electrons. The van der Waals surface area contributed by atoms with Gasteiger partial charge in [0.15, 0.2) is 0 Å². The van der Waals surface area contributed by atoms with Gasteiger partial charge in [-0.1, -0.05) is 6.58 Å². The first-order valence-corrected chi connectivity index (χ1v) is 3.24. The van der Waals surface area contributed by atoms with Crippen LogP contribution in [0, 0.1) is 0 Å². The summed E-state index contributed by atoms with van der Waals surface area (Å²) in [5.41, 5.74) is 1.50.